The lowest BCUT2D eigenvalue weighted by Crippen LogP contribution is -2.48. The summed E-state index contributed by atoms with van der Waals surface area (Å²) in [5.41, 5.74) is 0. The number of piperidine rings is 1. The average molecular weight is 263 g/mol. The molecule has 1 nitrogen and oxygen atoms in total. The lowest BCUT2D eigenvalue weighted by molar-refractivity contribution is -0.914. The molecule has 0 radical (unpaired) electrons. The monoisotopic (exact) mass is 262 g/mol. The maximum atomic E-state index is 2.46. The summed E-state index contributed by atoms with van der Waals surface area (Å²) in [6, 6.07) is 0. The molecule has 1 rings (SSSR count). The van der Waals surface area contributed by atoms with E-state index in [1.165, 1.54) is 62.0 Å². The van der Waals surface area contributed by atoms with Gasteiger partial charge in [0, 0.05) is 11.0 Å². The van der Waals surface area contributed by atoms with Crippen molar-refractivity contribution in [2.24, 2.45) is 0 Å². The highest BCUT2D eigenvalue weighted by molar-refractivity contribution is 8.02. The summed E-state index contributed by atoms with van der Waals surface area (Å²) in [4.78, 5) is 0. The van der Waals surface area contributed by atoms with Crippen LogP contribution >= 0.6 is 23.5 Å². The van der Waals surface area contributed by atoms with E-state index in [1.807, 2.05) is 11.8 Å². The normalized spacial score (nSPS) is 21.9. The molecule has 96 valence electrons. The summed E-state index contributed by atoms with van der Waals surface area (Å²) >= 11 is 4.05. The minimum absolute atomic E-state index is 0.881. The molecule has 1 unspecified atom stereocenters. The van der Waals surface area contributed by atoms with Crippen LogP contribution in [0.2, 0.25) is 0 Å². The van der Waals surface area contributed by atoms with Gasteiger partial charge < -0.3 is 4.48 Å². The second-order valence-electron chi connectivity index (χ2n) is 5.31. The van der Waals surface area contributed by atoms with Gasteiger partial charge in [0.15, 0.2) is 0 Å². The molecule has 1 aliphatic heterocycles. The van der Waals surface area contributed by atoms with Crippen molar-refractivity contribution in [1.82, 2.24) is 0 Å². The Bertz CT molecular complexity index is 179. The fraction of sp³-hybridized carbons (Fsp3) is 1.00. The minimum atomic E-state index is 0.881. The lowest BCUT2D eigenvalue weighted by Gasteiger charge is -2.38. The van der Waals surface area contributed by atoms with Crippen molar-refractivity contribution in [3.05, 3.63) is 0 Å². The largest absolute Gasteiger partial charge is 0.326 e. The van der Waals surface area contributed by atoms with Gasteiger partial charge in [0.1, 0.15) is 0 Å². The molecule has 1 heterocycles. The molecule has 0 saturated carbocycles. The first-order valence-electron chi connectivity index (χ1n) is 6.55. The summed E-state index contributed by atoms with van der Waals surface area (Å²) in [7, 11) is 2.46. The van der Waals surface area contributed by atoms with Crippen LogP contribution in [0.1, 0.15) is 32.1 Å². The predicted octanol–water partition coefficient (Wildman–Crippen LogP) is 3.49. The molecule has 0 N–H and O–H groups in total. The van der Waals surface area contributed by atoms with Crippen molar-refractivity contribution >= 4 is 23.5 Å². The molecule has 16 heavy (non-hydrogen) atoms. The highest BCUT2D eigenvalue weighted by Crippen LogP contribution is 2.21. The number of rotatable bonds is 7. The lowest BCUT2D eigenvalue weighted by atomic mass is 10.1. The van der Waals surface area contributed by atoms with E-state index < -0.39 is 0 Å². The molecule has 1 fully saturated rings. The second-order valence-corrected chi connectivity index (χ2v) is 7.36. The van der Waals surface area contributed by atoms with Gasteiger partial charge in [-0.15, -0.1) is 0 Å². The molecule has 0 amide bonds. The number of hydrogen-bond acceptors (Lipinski definition) is 2. The predicted molar refractivity (Wildman–Crippen MR) is 79.6 cm³/mol. The van der Waals surface area contributed by atoms with E-state index in [-0.39, 0.29) is 0 Å². The zero-order valence-corrected chi connectivity index (χ0v) is 12.8. The third-order valence-electron chi connectivity index (χ3n) is 3.81. The molecular formula is C13H28NS2+. The van der Waals surface area contributed by atoms with Crippen LogP contribution in [0.3, 0.4) is 0 Å². The van der Waals surface area contributed by atoms with Gasteiger partial charge in [0.25, 0.3) is 0 Å². The quantitative estimate of drug-likeness (QED) is 0.644. The SMILES string of the molecule is CSCC(CCC[N+]1(C)CCCCC1)SC. The van der Waals surface area contributed by atoms with Gasteiger partial charge in [-0.25, -0.2) is 0 Å². The van der Waals surface area contributed by atoms with Crippen LogP contribution in [-0.2, 0) is 0 Å². The van der Waals surface area contributed by atoms with Crippen LogP contribution in [-0.4, -0.2) is 54.7 Å². The highest BCUT2D eigenvalue weighted by Gasteiger charge is 2.24. The third kappa shape index (κ3) is 5.33. The van der Waals surface area contributed by atoms with Gasteiger partial charge in [-0.2, -0.15) is 23.5 Å². The highest BCUT2D eigenvalue weighted by atomic mass is 32.2. The van der Waals surface area contributed by atoms with E-state index in [0.29, 0.717) is 0 Å². The van der Waals surface area contributed by atoms with Crippen molar-refractivity contribution in [3.63, 3.8) is 0 Å². The van der Waals surface area contributed by atoms with Crippen LogP contribution in [0.4, 0.5) is 0 Å². The zero-order chi connectivity index (χ0) is 11.9. The Morgan fingerprint density at radius 3 is 2.38 bits per heavy atom. The maximum Gasteiger partial charge on any atom is 0.0784 e. The molecular weight excluding hydrogens is 234 g/mol. The van der Waals surface area contributed by atoms with Gasteiger partial charge >= 0.3 is 0 Å². The summed E-state index contributed by atoms with van der Waals surface area (Å²) < 4.78 is 1.35. The second kappa shape index (κ2) is 7.88. The molecule has 0 aromatic heterocycles. The average Bonchev–Trinajstić information content (AvgIpc) is 2.29. The molecule has 1 saturated heterocycles. The number of nitrogens with zero attached hydrogens (tertiary/aromatic N) is 1. The van der Waals surface area contributed by atoms with E-state index in [9.17, 15) is 0 Å². The Labute approximate surface area is 110 Å². The number of hydrogen-bond donors (Lipinski definition) is 0. The first-order chi connectivity index (χ1) is 7.70. The molecule has 0 spiro atoms. The Balaban J connectivity index is 2.17. The van der Waals surface area contributed by atoms with Crippen molar-refractivity contribution < 1.29 is 4.48 Å². The third-order valence-corrected chi connectivity index (χ3v) is 5.82. The van der Waals surface area contributed by atoms with Gasteiger partial charge in [-0.1, -0.05) is 0 Å². The van der Waals surface area contributed by atoms with Gasteiger partial charge in [-0.05, 0) is 44.6 Å². The molecule has 0 aromatic carbocycles. The van der Waals surface area contributed by atoms with E-state index in [4.69, 9.17) is 0 Å². The summed E-state index contributed by atoms with van der Waals surface area (Å²) in [6.07, 6.45) is 11.7. The van der Waals surface area contributed by atoms with Crippen molar-refractivity contribution in [2.75, 3.05) is 44.9 Å². The fourth-order valence-corrected chi connectivity index (χ4v) is 4.55. The van der Waals surface area contributed by atoms with E-state index in [0.717, 1.165) is 5.25 Å². The topological polar surface area (TPSA) is 0 Å². The van der Waals surface area contributed by atoms with Crippen LogP contribution in [0, 0.1) is 0 Å². The smallest absolute Gasteiger partial charge is 0.0784 e. The van der Waals surface area contributed by atoms with E-state index in [2.05, 4.69) is 31.3 Å². The molecule has 3 heteroatoms. The Morgan fingerprint density at radius 2 is 1.81 bits per heavy atom. The van der Waals surface area contributed by atoms with Crippen molar-refractivity contribution in [2.45, 2.75) is 37.4 Å². The van der Waals surface area contributed by atoms with Crippen molar-refractivity contribution in [1.29, 1.82) is 0 Å². The van der Waals surface area contributed by atoms with Crippen LogP contribution in [0.25, 0.3) is 0 Å². The number of likely N-dealkylation sites (tertiary alicyclic amines) is 1. The Morgan fingerprint density at radius 1 is 1.12 bits per heavy atom. The molecule has 0 bridgehead atoms. The zero-order valence-electron chi connectivity index (χ0n) is 11.2. The summed E-state index contributed by atoms with van der Waals surface area (Å²) in [5, 5.41) is 0.881. The minimum Gasteiger partial charge on any atom is -0.326 e. The molecule has 0 aromatic rings. The van der Waals surface area contributed by atoms with Gasteiger partial charge in [-0.3, -0.25) is 0 Å². The van der Waals surface area contributed by atoms with Crippen molar-refractivity contribution in [3.8, 4) is 0 Å². The summed E-state index contributed by atoms with van der Waals surface area (Å²) in [5.74, 6) is 1.32. The molecule has 1 aliphatic rings. The first kappa shape index (κ1) is 14.7. The van der Waals surface area contributed by atoms with E-state index in [1.54, 1.807) is 0 Å². The standard InChI is InChI=1S/C13H28NS2/c1-14(9-5-4-6-10-14)11-7-8-13(16-3)12-15-2/h13H,4-12H2,1-3H3/q+1. The number of quaternary nitrogens is 1. The molecule has 0 aliphatic carbocycles. The molecule has 1 atom stereocenters. The fourth-order valence-electron chi connectivity index (χ4n) is 2.66. The summed E-state index contributed by atoms with van der Waals surface area (Å²) in [6.45, 7) is 4.25. The first-order valence-corrected chi connectivity index (χ1v) is 9.24. The Hall–Kier alpha value is 0.660. The van der Waals surface area contributed by atoms with Crippen LogP contribution in [0.5, 0.6) is 0 Å². The number of thioether (sulfide) groups is 2. The Kier molecular flexibility index (Phi) is 7.25. The van der Waals surface area contributed by atoms with Gasteiger partial charge in [0.2, 0.25) is 0 Å². The van der Waals surface area contributed by atoms with E-state index >= 15 is 0 Å². The van der Waals surface area contributed by atoms with Gasteiger partial charge in [0.05, 0.1) is 26.7 Å². The van der Waals surface area contributed by atoms with Crippen LogP contribution in [0.15, 0.2) is 0 Å². The van der Waals surface area contributed by atoms with Crippen LogP contribution < -0.4 is 0 Å². The maximum absolute atomic E-state index is 2.46.